The van der Waals surface area contributed by atoms with E-state index < -0.39 is 5.97 Å². The van der Waals surface area contributed by atoms with E-state index in [1.807, 2.05) is 22.9 Å². The molecule has 1 aliphatic carbocycles. The minimum atomic E-state index is -0.970. The molecule has 1 N–H and O–H groups in total. The molecule has 1 fully saturated rings. The number of aromatic nitrogens is 2. The minimum absolute atomic E-state index is 0.141. The summed E-state index contributed by atoms with van der Waals surface area (Å²) in [5.41, 5.74) is 1.04. The van der Waals surface area contributed by atoms with Crippen LogP contribution in [-0.2, 0) is 6.54 Å². The summed E-state index contributed by atoms with van der Waals surface area (Å²) >= 11 is 3.36. The Morgan fingerprint density at radius 1 is 1.53 bits per heavy atom. The molecule has 3 rings (SSSR count). The van der Waals surface area contributed by atoms with Gasteiger partial charge in [0.25, 0.3) is 0 Å². The highest BCUT2D eigenvalue weighted by Crippen LogP contribution is 2.32. The molecule has 0 amide bonds. The molecule has 0 radical (unpaired) electrons. The van der Waals surface area contributed by atoms with Gasteiger partial charge in [-0.25, -0.2) is 4.79 Å². The first-order chi connectivity index (χ1) is 8.15. The summed E-state index contributed by atoms with van der Waals surface area (Å²) in [7, 11) is 0. The van der Waals surface area contributed by atoms with Crippen molar-refractivity contribution in [2.24, 2.45) is 5.92 Å². The van der Waals surface area contributed by atoms with E-state index in [0.717, 1.165) is 16.5 Å². The van der Waals surface area contributed by atoms with Crippen LogP contribution in [0.3, 0.4) is 0 Å². The number of nitrogens with zero attached hydrogens (tertiary/aromatic N) is 2. The van der Waals surface area contributed by atoms with Gasteiger partial charge in [-0.1, -0.05) is 15.9 Å². The van der Waals surface area contributed by atoms with Gasteiger partial charge in [0, 0.05) is 16.4 Å². The maximum atomic E-state index is 11.1. The maximum absolute atomic E-state index is 11.1. The van der Waals surface area contributed by atoms with Crippen molar-refractivity contribution < 1.29 is 9.90 Å². The second-order valence-corrected chi connectivity index (χ2v) is 5.36. The summed E-state index contributed by atoms with van der Waals surface area (Å²) in [5, 5.41) is 14.1. The first kappa shape index (κ1) is 10.8. The fraction of sp³-hybridized carbons (Fsp3) is 0.333. The highest BCUT2D eigenvalue weighted by atomic mass is 79.9. The van der Waals surface area contributed by atoms with Crippen LogP contribution in [-0.4, -0.2) is 20.9 Å². The van der Waals surface area contributed by atoms with Crippen LogP contribution in [0.5, 0.6) is 0 Å². The molecule has 1 aromatic heterocycles. The van der Waals surface area contributed by atoms with Gasteiger partial charge in [-0.2, -0.15) is 5.10 Å². The van der Waals surface area contributed by atoms with E-state index in [9.17, 15) is 4.79 Å². The zero-order valence-corrected chi connectivity index (χ0v) is 10.6. The number of hydrogen-bond donors (Lipinski definition) is 1. The van der Waals surface area contributed by atoms with Crippen LogP contribution in [0.25, 0.3) is 10.9 Å². The molecule has 0 atom stereocenters. The van der Waals surface area contributed by atoms with Gasteiger partial charge in [0.1, 0.15) is 0 Å². The number of benzene rings is 1. The fourth-order valence-corrected chi connectivity index (χ4v) is 2.35. The Labute approximate surface area is 106 Å². The molecule has 88 valence electrons. The van der Waals surface area contributed by atoms with E-state index in [1.165, 1.54) is 12.8 Å². The highest BCUT2D eigenvalue weighted by molar-refractivity contribution is 9.10. The Kier molecular flexibility index (Phi) is 2.43. The van der Waals surface area contributed by atoms with E-state index >= 15 is 0 Å². The summed E-state index contributed by atoms with van der Waals surface area (Å²) in [6.07, 6.45) is 2.45. The third-order valence-corrected chi connectivity index (χ3v) is 3.54. The van der Waals surface area contributed by atoms with Crippen molar-refractivity contribution in [3.05, 3.63) is 28.4 Å². The average molecular weight is 295 g/mol. The second-order valence-electron chi connectivity index (χ2n) is 4.44. The van der Waals surface area contributed by atoms with Crippen molar-refractivity contribution >= 4 is 32.8 Å². The van der Waals surface area contributed by atoms with Crippen molar-refractivity contribution in [1.29, 1.82) is 0 Å². The van der Waals surface area contributed by atoms with Crippen molar-refractivity contribution in [1.82, 2.24) is 9.78 Å². The molecular formula is C12H11BrN2O2. The molecule has 0 bridgehead atoms. The topological polar surface area (TPSA) is 55.1 Å². The molecule has 0 unspecified atom stereocenters. The summed E-state index contributed by atoms with van der Waals surface area (Å²) in [5.74, 6) is -0.300. The SMILES string of the molecule is O=C(O)c1nn(CC2CC2)c2ccc(Br)cc12. The van der Waals surface area contributed by atoms with E-state index in [2.05, 4.69) is 21.0 Å². The molecule has 1 aliphatic rings. The molecule has 1 heterocycles. The normalized spacial score (nSPS) is 15.4. The molecule has 5 heteroatoms. The molecule has 0 spiro atoms. The van der Waals surface area contributed by atoms with E-state index in [1.54, 1.807) is 0 Å². The number of fused-ring (bicyclic) bond motifs is 1. The standard InChI is InChI=1S/C12H11BrN2O2/c13-8-3-4-10-9(5-8)11(12(16)17)14-15(10)6-7-1-2-7/h3-5,7H,1-2,6H2,(H,16,17). The lowest BCUT2D eigenvalue weighted by Crippen LogP contribution is -2.04. The van der Waals surface area contributed by atoms with Gasteiger partial charge in [0.15, 0.2) is 5.69 Å². The Morgan fingerprint density at radius 2 is 2.29 bits per heavy atom. The lowest BCUT2D eigenvalue weighted by atomic mass is 10.2. The summed E-state index contributed by atoms with van der Waals surface area (Å²) < 4.78 is 2.70. The predicted octanol–water partition coefficient (Wildman–Crippen LogP) is 2.91. The van der Waals surface area contributed by atoms with Gasteiger partial charge in [0.05, 0.1) is 5.52 Å². The van der Waals surface area contributed by atoms with Gasteiger partial charge >= 0.3 is 5.97 Å². The van der Waals surface area contributed by atoms with Crippen molar-refractivity contribution in [3.8, 4) is 0 Å². The fourth-order valence-electron chi connectivity index (χ4n) is 1.99. The number of hydrogen-bond acceptors (Lipinski definition) is 2. The quantitative estimate of drug-likeness (QED) is 0.947. The highest BCUT2D eigenvalue weighted by Gasteiger charge is 2.24. The summed E-state index contributed by atoms with van der Waals surface area (Å²) in [4.78, 5) is 11.1. The van der Waals surface area contributed by atoms with Gasteiger partial charge in [0.2, 0.25) is 0 Å². The lowest BCUT2D eigenvalue weighted by Gasteiger charge is -2.00. The molecule has 4 nitrogen and oxygen atoms in total. The molecular weight excluding hydrogens is 284 g/mol. The van der Waals surface area contributed by atoms with E-state index in [0.29, 0.717) is 11.3 Å². The van der Waals surface area contributed by atoms with Crippen LogP contribution in [0.2, 0.25) is 0 Å². The zero-order chi connectivity index (χ0) is 12.0. The summed E-state index contributed by atoms with van der Waals surface area (Å²) in [6, 6.07) is 5.65. The maximum Gasteiger partial charge on any atom is 0.357 e. The van der Waals surface area contributed by atoms with Crippen LogP contribution < -0.4 is 0 Å². The minimum Gasteiger partial charge on any atom is -0.476 e. The molecule has 0 aliphatic heterocycles. The largest absolute Gasteiger partial charge is 0.476 e. The van der Waals surface area contributed by atoms with Crippen LogP contribution >= 0.6 is 15.9 Å². The monoisotopic (exact) mass is 294 g/mol. The third kappa shape index (κ3) is 1.95. The Bertz CT molecular complexity index is 602. The van der Waals surface area contributed by atoms with E-state index in [-0.39, 0.29) is 5.69 Å². The first-order valence-electron chi connectivity index (χ1n) is 5.54. The van der Waals surface area contributed by atoms with Gasteiger partial charge < -0.3 is 5.11 Å². The predicted molar refractivity (Wildman–Crippen MR) is 67.1 cm³/mol. The number of rotatable bonds is 3. The van der Waals surface area contributed by atoms with Crippen LogP contribution in [0.1, 0.15) is 23.3 Å². The van der Waals surface area contributed by atoms with Crippen molar-refractivity contribution in [2.45, 2.75) is 19.4 Å². The van der Waals surface area contributed by atoms with Crippen LogP contribution in [0.4, 0.5) is 0 Å². The average Bonchev–Trinajstić information content (AvgIpc) is 3.00. The van der Waals surface area contributed by atoms with Gasteiger partial charge in [-0.3, -0.25) is 4.68 Å². The van der Waals surface area contributed by atoms with Gasteiger partial charge in [-0.05, 0) is 37.0 Å². The zero-order valence-electron chi connectivity index (χ0n) is 9.06. The van der Waals surface area contributed by atoms with Gasteiger partial charge in [-0.15, -0.1) is 0 Å². The van der Waals surface area contributed by atoms with Crippen LogP contribution in [0.15, 0.2) is 22.7 Å². The molecule has 1 aromatic carbocycles. The van der Waals surface area contributed by atoms with Crippen molar-refractivity contribution in [3.63, 3.8) is 0 Å². The lowest BCUT2D eigenvalue weighted by molar-refractivity contribution is 0.0691. The molecule has 2 aromatic rings. The second kappa shape index (κ2) is 3.84. The Balaban J connectivity index is 2.18. The Hall–Kier alpha value is -1.36. The van der Waals surface area contributed by atoms with Crippen LogP contribution in [0, 0.1) is 5.92 Å². The number of carboxylic acid groups (broad SMARTS) is 1. The first-order valence-corrected chi connectivity index (χ1v) is 6.34. The smallest absolute Gasteiger partial charge is 0.357 e. The Morgan fingerprint density at radius 3 is 2.94 bits per heavy atom. The number of carboxylic acids is 1. The number of halogens is 1. The summed E-state index contributed by atoms with van der Waals surface area (Å²) in [6.45, 7) is 0.825. The number of carbonyl (C=O) groups is 1. The molecule has 17 heavy (non-hydrogen) atoms. The van der Waals surface area contributed by atoms with E-state index in [4.69, 9.17) is 5.11 Å². The third-order valence-electron chi connectivity index (χ3n) is 3.04. The molecule has 0 saturated heterocycles. The molecule has 1 saturated carbocycles. The number of aromatic carboxylic acids is 1. The van der Waals surface area contributed by atoms with Crippen molar-refractivity contribution in [2.75, 3.05) is 0 Å².